The van der Waals surface area contributed by atoms with Crippen LogP contribution in [0.5, 0.6) is 0 Å². The summed E-state index contributed by atoms with van der Waals surface area (Å²) < 4.78 is 10.1. The molecule has 74 valence electrons. The Morgan fingerprint density at radius 1 is 1.62 bits per heavy atom. The van der Waals surface area contributed by atoms with Crippen molar-refractivity contribution in [3.8, 4) is 0 Å². The monoisotopic (exact) mass is 203 g/mol. The van der Waals surface area contributed by atoms with Crippen molar-refractivity contribution in [2.75, 3.05) is 20.0 Å². The molecule has 0 bridgehead atoms. The van der Waals surface area contributed by atoms with Crippen LogP contribution in [0.25, 0.3) is 10.4 Å². The van der Waals surface area contributed by atoms with Crippen LogP contribution in [0, 0.1) is 0 Å². The Kier molecular flexibility index (Phi) is 4.38. The zero-order chi connectivity index (χ0) is 9.68. The number of thioether (sulfide) groups is 1. The quantitative estimate of drug-likeness (QED) is 0.217. The van der Waals surface area contributed by atoms with Gasteiger partial charge < -0.3 is 9.47 Å². The molecule has 1 heterocycles. The predicted molar refractivity (Wildman–Crippen MR) is 51.6 cm³/mol. The highest BCUT2D eigenvalue weighted by atomic mass is 32.2. The first-order valence-electron chi connectivity index (χ1n) is 4.03. The van der Waals surface area contributed by atoms with Gasteiger partial charge in [-0.1, -0.05) is 5.11 Å². The number of azide groups is 1. The smallest absolute Gasteiger partial charge is 0.157 e. The van der Waals surface area contributed by atoms with E-state index in [0.29, 0.717) is 11.7 Å². The maximum absolute atomic E-state index is 8.34. The van der Waals surface area contributed by atoms with E-state index in [4.69, 9.17) is 15.0 Å². The van der Waals surface area contributed by atoms with E-state index in [2.05, 4.69) is 10.0 Å². The van der Waals surface area contributed by atoms with Crippen LogP contribution in [0.1, 0.15) is 6.42 Å². The number of methoxy groups -OCH3 is 2. The van der Waals surface area contributed by atoms with E-state index in [1.807, 2.05) is 0 Å². The molecule has 0 unspecified atom stereocenters. The molecule has 1 rings (SSSR count). The zero-order valence-electron chi connectivity index (χ0n) is 7.71. The lowest BCUT2D eigenvalue weighted by Gasteiger charge is -2.16. The van der Waals surface area contributed by atoms with Crippen LogP contribution in [0.4, 0.5) is 0 Å². The Bertz CT molecular complexity index is 200. The lowest BCUT2D eigenvalue weighted by atomic mass is 10.1. The molecular formula is C7H13N3O2S. The molecule has 0 aromatic carbocycles. The molecule has 5 nitrogen and oxygen atoms in total. The van der Waals surface area contributed by atoms with Gasteiger partial charge in [0.15, 0.2) is 6.29 Å². The molecule has 0 radical (unpaired) electrons. The summed E-state index contributed by atoms with van der Waals surface area (Å²) in [6, 6.07) is -0.0000926. The summed E-state index contributed by atoms with van der Waals surface area (Å²) in [5.41, 5.74) is 8.34. The molecule has 0 aromatic heterocycles. The minimum absolute atomic E-state index is 0.0000926. The van der Waals surface area contributed by atoms with Gasteiger partial charge in [0, 0.05) is 36.6 Å². The first-order valence-corrected chi connectivity index (χ1v) is 5.08. The van der Waals surface area contributed by atoms with Gasteiger partial charge in [-0.25, -0.2) is 0 Å². The average molecular weight is 203 g/mol. The summed E-state index contributed by atoms with van der Waals surface area (Å²) in [6.07, 6.45) is 0.367. The second kappa shape index (κ2) is 5.34. The highest BCUT2D eigenvalue weighted by molar-refractivity contribution is 8.07. The van der Waals surface area contributed by atoms with Crippen molar-refractivity contribution in [3.05, 3.63) is 10.4 Å². The first kappa shape index (κ1) is 10.7. The molecule has 0 spiro atoms. The van der Waals surface area contributed by atoms with Gasteiger partial charge >= 0.3 is 0 Å². The molecule has 13 heavy (non-hydrogen) atoms. The molecule has 0 aliphatic carbocycles. The Labute approximate surface area is 81.4 Å². The second-order valence-electron chi connectivity index (χ2n) is 2.78. The van der Waals surface area contributed by atoms with Crippen LogP contribution in [0.15, 0.2) is 5.11 Å². The summed E-state index contributed by atoms with van der Waals surface area (Å²) in [7, 11) is 3.17. The van der Waals surface area contributed by atoms with E-state index in [-0.39, 0.29) is 12.3 Å². The van der Waals surface area contributed by atoms with Crippen LogP contribution in [0.3, 0.4) is 0 Å². The fourth-order valence-electron chi connectivity index (χ4n) is 1.10. The standard InChI is InChI=1S/C7H13N3O2S/c1-11-7(12-2)3-5(9-10-8)6-4-13-6/h5-7H,3-4H2,1-2H3/t5-,6+/m0/s1. The van der Waals surface area contributed by atoms with Crippen molar-refractivity contribution in [3.63, 3.8) is 0 Å². The summed E-state index contributed by atoms with van der Waals surface area (Å²) in [6.45, 7) is 0. The van der Waals surface area contributed by atoms with Gasteiger partial charge in [0.05, 0.1) is 6.04 Å². The molecule has 1 saturated heterocycles. The molecule has 0 saturated carbocycles. The van der Waals surface area contributed by atoms with Gasteiger partial charge in [-0.05, 0) is 5.53 Å². The fourth-order valence-corrected chi connectivity index (χ4v) is 1.82. The Hall–Kier alpha value is -0.420. The summed E-state index contributed by atoms with van der Waals surface area (Å²) >= 11 is 1.80. The van der Waals surface area contributed by atoms with Gasteiger partial charge in [0.1, 0.15) is 0 Å². The van der Waals surface area contributed by atoms with E-state index < -0.39 is 0 Å². The van der Waals surface area contributed by atoms with Gasteiger partial charge in [-0.3, -0.25) is 0 Å². The summed E-state index contributed by atoms with van der Waals surface area (Å²) in [4.78, 5) is 2.82. The summed E-state index contributed by atoms with van der Waals surface area (Å²) in [5, 5.41) is 4.18. The van der Waals surface area contributed by atoms with Crippen LogP contribution in [-0.2, 0) is 9.47 Å². The lowest BCUT2D eigenvalue weighted by molar-refractivity contribution is -0.108. The maximum atomic E-state index is 8.34. The minimum Gasteiger partial charge on any atom is -0.356 e. The highest BCUT2D eigenvalue weighted by Crippen LogP contribution is 2.36. The topological polar surface area (TPSA) is 67.2 Å². The second-order valence-corrected chi connectivity index (χ2v) is 4.05. The van der Waals surface area contributed by atoms with Gasteiger partial charge in [0.2, 0.25) is 0 Å². The average Bonchev–Trinajstić information content (AvgIpc) is 2.95. The van der Waals surface area contributed by atoms with Crippen molar-refractivity contribution in [2.45, 2.75) is 24.0 Å². The van der Waals surface area contributed by atoms with E-state index in [1.165, 1.54) is 0 Å². The highest BCUT2D eigenvalue weighted by Gasteiger charge is 2.33. The molecule has 0 N–H and O–H groups in total. The van der Waals surface area contributed by atoms with Crippen molar-refractivity contribution in [2.24, 2.45) is 5.11 Å². The van der Waals surface area contributed by atoms with E-state index in [1.54, 1.807) is 26.0 Å². The van der Waals surface area contributed by atoms with E-state index in [0.717, 1.165) is 5.75 Å². The van der Waals surface area contributed by atoms with Crippen molar-refractivity contribution in [1.82, 2.24) is 0 Å². The van der Waals surface area contributed by atoms with Gasteiger partial charge in [-0.2, -0.15) is 11.8 Å². The van der Waals surface area contributed by atoms with Crippen molar-refractivity contribution >= 4 is 11.8 Å². The number of ether oxygens (including phenoxy) is 2. The molecule has 1 aliphatic heterocycles. The fraction of sp³-hybridized carbons (Fsp3) is 1.00. The number of hydrogen-bond donors (Lipinski definition) is 0. The van der Waals surface area contributed by atoms with Crippen LogP contribution in [-0.4, -0.2) is 37.6 Å². The Morgan fingerprint density at radius 3 is 2.62 bits per heavy atom. The van der Waals surface area contributed by atoms with E-state index >= 15 is 0 Å². The lowest BCUT2D eigenvalue weighted by Crippen LogP contribution is -2.23. The normalized spacial score (nSPS) is 22.5. The van der Waals surface area contributed by atoms with Gasteiger partial charge in [-0.15, -0.1) is 0 Å². The van der Waals surface area contributed by atoms with E-state index in [9.17, 15) is 0 Å². The Balaban J connectivity index is 2.40. The molecule has 0 aromatic rings. The molecule has 1 fully saturated rings. The van der Waals surface area contributed by atoms with Crippen molar-refractivity contribution in [1.29, 1.82) is 0 Å². The van der Waals surface area contributed by atoms with Crippen LogP contribution in [0.2, 0.25) is 0 Å². The molecule has 2 atom stereocenters. The predicted octanol–water partition coefficient (Wildman–Crippen LogP) is 1.79. The maximum Gasteiger partial charge on any atom is 0.157 e. The molecule has 1 aliphatic rings. The summed E-state index contributed by atoms with van der Waals surface area (Å²) in [5.74, 6) is 1.07. The van der Waals surface area contributed by atoms with Crippen LogP contribution >= 0.6 is 11.8 Å². The number of rotatable bonds is 6. The molecular weight excluding hydrogens is 190 g/mol. The van der Waals surface area contributed by atoms with Crippen molar-refractivity contribution < 1.29 is 9.47 Å². The third-order valence-corrected chi connectivity index (χ3v) is 2.98. The largest absolute Gasteiger partial charge is 0.356 e. The SMILES string of the molecule is COC(C[C@H](N=[N+]=[N-])[C@H]1CS1)OC. The number of nitrogens with zero attached hydrogens (tertiary/aromatic N) is 3. The molecule has 0 amide bonds. The first-order chi connectivity index (χ1) is 6.31. The number of hydrogen-bond acceptors (Lipinski definition) is 4. The third-order valence-electron chi connectivity index (χ3n) is 1.95. The van der Waals surface area contributed by atoms with Gasteiger partial charge in [0.25, 0.3) is 0 Å². The molecule has 6 heteroatoms. The Morgan fingerprint density at radius 2 is 2.23 bits per heavy atom. The minimum atomic E-state index is -0.267. The van der Waals surface area contributed by atoms with Crippen LogP contribution < -0.4 is 0 Å². The third kappa shape index (κ3) is 3.44. The zero-order valence-corrected chi connectivity index (χ0v) is 8.53.